The average Bonchev–Trinajstić information content (AvgIpc) is 2.89. The Balaban J connectivity index is 2.96. The lowest BCUT2D eigenvalue weighted by Gasteiger charge is -2.27. The van der Waals surface area contributed by atoms with Gasteiger partial charge >= 0.3 is 0 Å². The van der Waals surface area contributed by atoms with Crippen LogP contribution in [0.4, 0.5) is 0 Å². The SMILES string of the molecule is CCCC(CN)c1csc(C(CC)(CC)OC)n1. The summed E-state index contributed by atoms with van der Waals surface area (Å²) in [5.74, 6) is 0.392. The Labute approximate surface area is 115 Å². The molecule has 0 radical (unpaired) electrons. The molecule has 1 heterocycles. The zero-order valence-corrected chi connectivity index (χ0v) is 12.8. The van der Waals surface area contributed by atoms with E-state index in [0.29, 0.717) is 12.5 Å². The lowest BCUT2D eigenvalue weighted by atomic mass is 9.97. The molecule has 0 fully saturated rings. The second-order valence-corrected chi connectivity index (χ2v) is 5.56. The summed E-state index contributed by atoms with van der Waals surface area (Å²) in [7, 11) is 1.78. The Morgan fingerprint density at radius 3 is 2.50 bits per heavy atom. The van der Waals surface area contributed by atoms with Gasteiger partial charge in [0.05, 0.1) is 5.69 Å². The number of nitrogens with two attached hydrogens (primary N) is 1. The van der Waals surface area contributed by atoms with Crippen molar-refractivity contribution in [1.82, 2.24) is 4.98 Å². The van der Waals surface area contributed by atoms with E-state index in [1.165, 1.54) is 0 Å². The first-order chi connectivity index (χ1) is 8.67. The van der Waals surface area contributed by atoms with E-state index in [1.54, 1.807) is 18.4 Å². The second kappa shape index (κ2) is 7.22. The fourth-order valence-corrected chi connectivity index (χ4v) is 3.57. The summed E-state index contributed by atoms with van der Waals surface area (Å²) in [6.45, 7) is 7.17. The van der Waals surface area contributed by atoms with Crippen molar-refractivity contribution in [2.75, 3.05) is 13.7 Å². The molecule has 0 saturated heterocycles. The van der Waals surface area contributed by atoms with E-state index in [-0.39, 0.29) is 5.60 Å². The quantitative estimate of drug-likeness (QED) is 0.784. The first kappa shape index (κ1) is 15.6. The van der Waals surface area contributed by atoms with Crippen LogP contribution in [0.1, 0.15) is 63.1 Å². The minimum Gasteiger partial charge on any atom is -0.371 e. The lowest BCUT2D eigenvalue weighted by molar-refractivity contribution is -0.0220. The van der Waals surface area contributed by atoms with Crippen molar-refractivity contribution in [3.05, 3.63) is 16.1 Å². The molecule has 1 atom stereocenters. The second-order valence-electron chi connectivity index (χ2n) is 4.70. The Morgan fingerprint density at radius 2 is 2.06 bits per heavy atom. The van der Waals surface area contributed by atoms with Crippen LogP contribution in [0, 0.1) is 0 Å². The molecule has 4 heteroatoms. The van der Waals surface area contributed by atoms with E-state index < -0.39 is 0 Å². The fraction of sp³-hybridized carbons (Fsp3) is 0.786. The predicted octanol–water partition coefficient (Wildman–Crippen LogP) is 3.65. The molecule has 2 N–H and O–H groups in total. The van der Waals surface area contributed by atoms with Crippen molar-refractivity contribution in [2.45, 2.75) is 58.0 Å². The standard InChI is InChI=1S/C14H26N2OS/c1-5-8-11(9-15)12-10-18-13(16-12)14(6-2,7-3)17-4/h10-11H,5-9,15H2,1-4H3. The molecule has 1 aromatic heterocycles. The summed E-state index contributed by atoms with van der Waals surface area (Å²) in [5.41, 5.74) is 6.77. The number of hydrogen-bond donors (Lipinski definition) is 1. The highest BCUT2D eigenvalue weighted by Crippen LogP contribution is 2.36. The van der Waals surface area contributed by atoms with Crippen LogP contribution >= 0.6 is 11.3 Å². The Hall–Kier alpha value is -0.450. The molecular formula is C14H26N2OS. The monoisotopic (exact) mass is 270 g/mol. The Kier molecular flexibility index (Phi) is 6.26. The molecule has 0 amide bonds. The van der Waals surface area contributed by atoms with Gasteiger partial charge in [-0.05, 0) is 19.3 Å². The van der Waals surface area contributed by atoms with Gasteiger partial charge in [-0.2, -0.15) is 0 Å². The van der Waals surface area contributed by atoms with Crippen LogP contribution in [-0.2, 0) is 10.3 Å². The maximum atomic E-state index is 5.84. The van der Waals surface area contributed by atoms with Crippen molar-refractivity contribution in [3.8, 4) is 0 Å². The van der Waals surface area contributed by atoms with Crippen LogP contribution in [0.3, 0.4) is 0 Å². The third-order valence-corrected chi connectivity index (χ3v) is 4.83. The number of aromatic nitrogens is 1. The molecule has 104 valence electrons. The summed E-state index contributed by atoms with van der Waals surface area (Å²) in [6.07, 6.45) is 4.16. The van der Waals surface area contributed by atoms with Crippen LogP contribution in [0.15, 0.2) is 5.38 Å². The summed E-state index contributed by atoms with van der Waals surface area (Å²) < 4.78 is 5.73. The fourth-order valence-electron chi connectivity index (χ4n) is 2.35. The van der Waals surface area contributed by atoms with Crippen LogP contribution < -0.4 is 5.73 Å². The Morgan fingerprint density at radius 1 is 1.39 bits per heavy atom. The van der Waals surface area contributed by atoms with Gasteiger partial charge in [-0.3, -0.25) is 0 Å². The molecule has 0 bridgehead atoms. The summed E-state index contributed by atoms with van der Waals surface area (Å²) >= 11 is 1.71. The number of hydrogen-bond acceptors (Lipinski definition) is 4. The molecule has 0 aliphatic rings. The number of ether oxygens (including phenoxy) is 1. The highest BCUT2D eigenvalue weighted by molar-refractivity contribution is 7.09. The van der Waals surface area contributed by atoms with E-state index >= 15 is 0 Å². The van der Waals surface area contributed by atoms with Gasteiger partial charge in [0.25, 0.3) is 0 Å². The zero-order chi connectivity index (χ0) is 13.6. The van der Waals surface area contributed by atoms with E-state index in [0.717, 1.165) is 36.4 Å². The van der Waals surface area contributed by atoms with E-state index in [2.05, 4.69) is 26.2 Å². The zero-order valence-electron chi connectivity index (χ0n) is 12.0. The number of rotatable bonds is 8. The highest BCUT2D eigenvalue weighted by Gasteiger charge is 2.32. The first-order valence-corrected chi connectivity index (χ1v) is 7.76. The van der Waals surface area contributed by atoms with Gasteiger partial charge in [-0.25, -0.2) is 4.98 Å². The topological polar surface area (TPSA) is 48.1 Å². The molecule has 1 rings (SSSR count). The minimum absolute atomic E-state index is 0.214. The molecule has 0 aromatic carbocycles. The maximum Gasteiger partial charge on any atom is 0.125 e. The van der Waals surface area contributed by atoms with Crippen LogP contribution in [-0.4, -0.2) is 18.6 Å². The van der Waals surface area contributed by atoms with E-state index in [1.807, 2.05) is 0 Å². The minimum atomic E-state index is -0.214. The molecule has 0 aliphatic carbocycles. The van der Waals surface area contributed by atoms with Crippen LogP contribution in [0.5, 0.6) is 0 Å². The molecule has 1 aromatic rings. The smallest absolute Gasteiger partial charge is 0.125 e. The largest absolute Gasteiger partial charge is 0.371 e. The van der Waals surface area contributed by atoms with Gasteiger partial charge in [-0.15, -0.1) is 11.3 Å². The van der Waals surface area contributed by atoms with Gasteiger partial charge in [0.1, 0.15) is 10.6 Å². The van der Waals surface area contributed by atoms with Crippen molar-refractivity contribution in [1.29, 1.82) is 0 Å². The number of thiazole rings is 1. The van der Waals surface area contributed by atoms with E-state index in [4.69, 9.17) is 15.5 Å². The van der Waals surface area contributed by atoms with Gasteiger partial charge in [0.2, 0.25) is 0 Å². The van der Waals surface area contributed by atoms with Crippen molar-refractivity contribution >= 4 is 11.3 Å². The van der Waals surface area contributed by atoms with Crippen molar-refractivity contribution < 1.29 is 4.74 Å². The third kappa shape index (κ3) is 3.11. The van der Waals surface area contributed by atoms with Gasteiger partial charge < -0.3 is 10.5 Å². The third-order valence-electron chi connectivity index (χ3n) is 3.78. The first-order valence-electron chi connectivity index (χ1n) is 6.88. The maximum absolute atomic E-state index is 5.84. The van der Waals surface area contributed by atoms with Crippen LogP contribution in [0.2, 0.25) is 0 Å². The molecule has 0 spiro atoms. The van der Waals surface area contributed by atoms with Gasteiger partial charge in [-0.1, -0.05) is 27.2 Å². The van der Waals surface area contributed by atoms with Gasteiger partial charge in [0, 0.05) is 25.0 Å². The van der Waals surface area contributed by atoms with Gasteiger partial charge in [0.15, 0.2) is 0 Å². The molecule has 3 nitrogen and oxygen atoms in total. The average molecular weight is 270 g/mol. The summed E-state index contributed by atoms with van der Waals surface area (Å²) in [6, 6.07) is 0. The molecule has 1 unspecified atom stereocenters. The Bertz CT molecular complexity index is 339. The highest BCUT2D eigenvalue weighted by atomic mass is 32.1. The van der Waals surface area contributed by atoms with E-state index in [9.17, 15) is 0 Å². The lowest BCUT2D eigenvalue weighted by Crippen LogP contribution is -2.26. The van der Waals surface area contributed by atoms with Crippen LogP contribution in [0.25, 0.3) is 0 Å². The summed E-state index contributed by atoms with van der Waals surface area (Å²) in [4.78, 5) is 4.80. The normalized spacial score (nSPS) is 13.8. The summed E-state index contributed by atoms with van der Waals surface area (Å²) in [5, 5.41) is 3.25. The molecular weight excluding hydrogens is 244 g/mol. The number of methoxy groups -OCH3 is 1. The molecule has 0 saturated carbocycles. The molecule has 0 aliphatic heterocycles. The predicted molar refractivity (Wildman–Crippen MR) is 78.1 cm³/mol. The molecule has 18 heavy (non-hydrogen) atoms. The number of nitrogens with zero attached hydrogens (tertiary/aromatic N) is 1. The van der Waals surface area contributed by atoms with Crippen molar-refractivity contribution in [2.24, 2.45) is 5.73 Å². The van der Waals surface area contributed by atoms with Crippen molar-refractivity contribution in [3.63, 3.8) is 0 Å².